The molecule has 0 unspecified atom stereocenters. The van der Waals surface area contributed by atoms with Gasteiger partial charge in [0.25, 0.3) is 5.91 Å². The summed E-state index contributed by atoms with van der Waals surface area (Å²) in [4.78, 5) is 22.8. The van der Waals surface area contributed by atoms with Crippen LogP contribution in [-0.4, -0.2) is 33.4 Å². The van der Waals surface area contributed by atoms with Gasteiger partial charge in [-0.05, 0) is 13.8 Å². The molecule has 17 heavy (non-hydrogen) atoms. The van der Waals surface area contributed by atoms with Gasteiger partial charge in [-0.1, -0.05) is 13.8 Å². The topological polar surface area (TPSA) is 46.1 Å². The molecule has 0 N–H and O–H groups in total. The molecule has 1 amide bonds. The normalized spacial score (nSPS) is 15.6. The zero-order valence-electron chi connectivity index (χ0n) is 10.9. The highest BCUT2D eigenvalue weighted by Crippen LogP contribution is 2.20. The molecule has 4 nitrogen and oxygen atoms in total. The molecule has 0 atom stereocenters. The lowest BCUT2D eigenvalue weighted by Gasteiger charge is -2.31. The Kier molecular flexibility index (Phi) is 3.13. The molecular weight excluding hydrogens is 214 g/mol. The van der Waals surface area contributed by atoms with E-state index in [1.807, 2.05) is 18.7 Å². The van der Waals surface area contributed by atoms with Gasteiger partial charge >= 0.3 is 0 Å². The Bertz CT molecular complexity index is 440. The smallest absolute Gasteiger partial charge is 0.257 e. The lowest BCUT2D eigenvalue weighted by Crippen LogP contribution is -2.42. The Hall–Kier alpha value is -1.45. The quantitative estimate of drug-likeness (QED) is 0.785. The second-order valence-corrected chi connectivity index (χ2v) is 5.09. The third-order valence-corrected chi connectivity index (χ3v) is 3.11. The van der Waals surface area contributed by atoms with Crippen molar-refractivity contribution in [3.05, 3.63) is 23.3 Å². The summed E-state index contributed by atoms with van der Waals surface area (Å²) in [5, 5.41) is 0. The highest BCUT2D eigenvalue weighted by atomic mass is 16.2. The highest BCUT2D eigenvalue weighted by molar-refractivity contribution is 5.96. The molecular formula is C13H19N3O. The first kappa shape index (κ1) is 12.0. The summed E-state index contributed by atoms with van der Waals surface area (Å²) in [6, 6.07) is 0.237. The van der Waals surface area contributed by atoms with Gasteiger partial charge in [-0.25, -0.2) is 9.97 Å². The first-order valence-electron chi connectivity index (χ1n) is 6.17. The Labute approximate surface area is 102 Å². The van der Waals surface area contributed by atoms with Crippen molar-refractivity contribution in [2.45, 2.75) is 46.1 Å². The van der Waals surface area contributed by atoms with E-state index in [0.29, 0.717) is 11.5 Å². The van der Waals surface area contributed by atoms with Gasteiger partial charge in [0, 0.05) is 31.1 Å². The fourth-order valence-electron chi connectivity index (χ4n) is 2.06. The van der Waals surface area contributed by atoms with Crippen molar-refractivity contribution < 1.29 is 4.79 Å². The van der Waals surface area contributed by atoms with Crippen molar-refractivity contribution >= 4 is 5.91 Å². The second-order valence-electron chi connectivity index (χ2n) is 5.09. The van der Waals surface area contributed by atoms with Crippen LogP contribution >= 0.6 is 0 Å². The molecule has 1 aliphatic heterocycles. The van der Waals surface area contributed by atoms with Gasteiger partial charge in [-0.3, -0.25) is 4.79 Å². The molecule has 0 saturated carbocycles. The summed E-state index contributed by atoms with van der Waals surface area (Å²) in [5.74, 6) is 1.20. The highest BCUT2D eigenvalue weighted by Gasteiger charge is 2.27. The molecule has 0 aliphatic carbocycles. The lowest BCUT2D eigenvalue weighted by molar-refractivity contribution is 0.0685. The fraction of sp³-hybridized carbons (Fsp3) is 0.615. The minimum absolute atomic E-state index is 0.0663. The van der Waals surface area contributed by atoms with E-state index >= 15 is 0 Å². The summed E-state index contributed by atoms with van der Waals surface area (Å²) < 4.78 is 0. The SMILES string of the molecule is CC(C)c1ncc2c(n1)CCN(C(C)C)C2=O. The zero-order chi connectivity index (χ0) is 12.6. The largest absolute Gasteiger partial charge is 0.336 e. The molecule has 0 saturated heterocycles. The number of carbonyl (C=O) groups excluding carboxylic acids is 1. The molecule has 0 radical (unpaired) electrons. The van der Waals surface area contributed by atoms with E-state index in [0.717, 1.165) is 24.5 Å². The van der Waals surface area contributed by atoms with Crippen molar-refractivity contribution in [2.75, 3.05) is 6.54 Å². The molecule has 0 aromatic carbocycles. The monoisotopic (exact) mass is 233 g/mol. The van der Waals surface area contributed by atoms with E-state index in [9.17, 15) is 4.79 Å². The van der Waals surface area contributed by atoms with Crippen molar-refractivity contribution in [1.29, 1.82) is 0 Å². The summed E-state index contributed by atoms with van der Waals surface area (Å²) in [5.41, 5.74) is 1.58. The Balaban J connectivity index is 2.36. The molecule has 1 aromatic heterocycles. The van der Waals surface area contributed by atoms with Crippen LogP contribution in [0.25, 0.3) is 0 Å². The average molecular weight is 233 g/mol. The van der Waals surface area contributed by atoms with Gasteiger partial charge in [0.2, 0.25) is 0 Å². The van der Waals surface area contributed by atoms with E-state index in [-0.39, 0.29) is 11.9 Å². The number of carbonyl (C=O) groups is 1. The number of nitrogens with zero attached hydrogens (tertiary/aromatic N) is 3. The van der Waals surface area contributed by atoms with Crippen molar-refractivity contribution in [1.82, 2.24) is 14.9 Å². The predicted octanol–water partition coefficient (Wildman–Crippen LogP) is 2.01. The summed E-state index contributed by atoms with van der Waals surface area (Å²) in [7, 11) is 0. The second kappa shape index (κ2) is 4.43. The number of rotatable bonds is 2. The van der Waals surface area contributed by atoms with Crippen LogP contribution in [0.15, 0.2) is 6.20 Å². The van der Waals surface area contributed by atoms with Crippen LogP contribution in [0.2, 0.25) is 0 Å². The van der Waals surface area contributed by atoms with Crippen molar-refractivity contribution in [3.8, 4) is 0 Å². The first-order valence-corrected chi connectivity index (χ1v) is 6.17. The van der Waals surface area contributed by atoms with E-state index in [1.165, 1.54) is 0 Å². The van der Waals surface area contributed by atoms with Gasteiger partial charge in [-0.2, -0.15) is 0 Å². The molecule has 2 heterocycles. The number of hydrogen-bond acceptors (Lipinski definition) is 3. The van der Waals surface area contributed by atoms with Crippen molar-refractivity contribution in [3.63, 3.8) is 0 Å². The van der Waals surface area contributed by atoms with Crippen LogP contribution in [0.4, 0.5) is 0 Å². The minimum Gasteiger partial charge on any atom is -0.336 e. The maximum absolute atomic E-state index is 12.2. The maximum atomic E-state index is 12.2. The van der Waals surface area contributed by atoms with E-state index in [4.69, 9.17) is 0 Å². The van der Waals surface area contributed by atoms with Gasteiger partial charge in [-0.15, -0.1) is 0 Å². The van der Waals surface area contributed by atoms with Crippen LogP contribution in [0.5, 0.6) is 0 Å². The van der Waals surface area contributed by atoms with Gasteiger partial charge in [0.15, 0.2) is 0 Å². The molecule has 0 spiro atoms. The Morgan fingerprint density at radius 2 is 2.00 bits per heavy atom. The molecule has 0 fully saturated rings. The van der Waals surface area contributed by atoms with Gasteiger partial charge in [0.05, 0.1) is 11.3 Å². The van der Waals surface area contributed by atoms with Gasteiger partial charge in [0.1, 0.15) is 5.82 Å². The molecule has 2 rings (SSSR count). The van der Waals surface area contributed by atoms with Crippen LogP contribution in [0.3, 0.4) is 0 Å². The Morgan fingerprint density at radius 3 is 2.59 bits per heavy atom. The number of hydrogen-bond donors (Lipinski definition) is 0. The van der Waals surface area contributed by atoms with Crippen LogP contribution in [0.1, 0.15) is 55.5 Å². The average Bonchev–Trinajstić information content (AvgIpc) is 2.28. The summed E-state index contributed by atoms with van der Waals surface area (Å²) in [6.45, 7) is 8.95. The lowest BCUT2D eigenvalue weighted by atomic mass is 10.0. The van der Waals surface area contributed by atoms with Gasteiger partial charge < -0.3 is 4.90 Å². The number of fused-ring (bicyclic) bond motifs is 1. The van der Waals surface area contributed by atoms with E-state index in [1.54, 1.807) is 6.20 Å². The third-order valence-electron chi connectivity index (χ3n) is 3.11. The molecule has 92 valence electrons. The number of amides is 1. The van der Waals surface area contributed by atoms with Crippen LogP contribution in [0, 0.1) is 0 Å². The molecule has 0 bridgehead atoms. The van der Waals surface area contributed by atoms with Crippen LogP contribution < -0.4 is 0 Å². The molecule has 4 heteroatoms. The first-order chi connectivity index (χ1) is 8.00. The Morgan fingerprint density at radius 1 is 1.29 bits per heavy atom. The predicted molar refractivity (Wildman–Crippen MR) is 66.0 cm³/mol. The van der Waals surface area contributed by atoms with Crippen LogP contribution in [-0.2, 0) is 6.42 Å². The molecule has 1 aromatic rings. The standard InChI is InChI=1S/C13H19N3O/c1-8(2)12-14-7-10-11(15-12)5-6-16(9(3)4)13(10)17/h7-9H,5-6H2,1-4H3. The molecule has 1 aliphatic rings. The zero-order valence-corrected chi connectivity index (χ0v) is 10.9. The van der Waals surface area contributed by atoms with E-state index in [2.05, 4.69) is 23.8 Å². The summed E-state index contributed by atoms with van der Waals surface area (Å²) >= 11 is 0. The maximum Gasteiger partial charge on any atom is 0.257 e. The van der Waals surface area contributed by atoms with Crippen molar-refractivity contribution in [2.24, 2.45) is 0 Å². The fourth-order valence-corrected chi connectivity index (χ4v) is 2.06. The van der Waals surface area contributed by atoms with E-state index < -0.39 is 0 Å². The summed E-state index contributed by atoms with van der Waals surface area (Å²) in [6.07, 6.45) is 2.52. The third kappa shape index (κ3) is 2.16. The minimum atomic E-state index is 0.0663. The number of aromatic nitrogens is 2.